The highest BCUT2D eigenvalue weighted by Gasteiger charge is 2.36. The fourth-order valence-electron chi connectivity index (χ4n) is 3.31. The predicted octanol–water partition coefficient (Wildman–Crippen LogP) is 4.38. The van der Waals surface area contributed by atoms with Gasteiger partial charge in [0.2, 0.25) is 0 Å². The maximum absolute atomic E-state index is 6.37. The van der Waals surface area contributed by atoms with Crippen LogP contribution in [0.1, 0.15) is 43.0 Å². The molecule has 0 bridgehead atoms. The molecule has 1 aromatic heterocycles. The zero-order valence-electron chi connectivity index (χ0n) is 15.5. The van der Waals surface area contributed by atoms with Crippen LogP contribution in [-0.4, -0.2) is 10.1 Å². The van der Waals surface area contributed by atoms with E-state index in [2.05, 4.69) is 10.1 Å². The molecular weight excluding hydrogens is 378 g/mol. The van der Waals surface area contributed by atoms with Gasteiger partial charge in [-0.05, 0) is 30.5 Å². The highest BCUT2D eigenvalue weighted by atomic mass is 35.5. The summed E-state index contributed by atoms with van der Waals surface area (Å²) in [4.78, 5) is 4.43. The SMILES string of the molecule is Cl.NC1(c2noc(COc3ccccc3OCc3ccccc3)n2)CCCC1. The standard InChI is InChI=1S/C21H23N3O3.ClH/c22-21(12-6-7-13-21)20-23-19(27-24-20)15-26-18-11-5-4-10-17(18)25-14-16-8-2-1-3-9-16;/h1-5,8-11H,6-7,12-15,22H2;1H. The van der Waals surface area contributed by atoms with Gasteiger partial charge in [-0.1, -0.05) is 60.5 Å². The first-order valence-corrected chi connectivity index (χ1v) is 9.23. The third kappa shape index (κ3) is 4.64. The minimum Gasteiger partial charge on any atom is -0.485 e. The molecule has 6 nitrogen and oxygen atoms in total. The molecular formula is C21H24ClN3O3. The van der Waals surface area contributed by atoms with Gasteiger partial charge in [0, 0.05) is 0 Å². The van der Waals surface area contributed by atoms with Crippen molar-refractivity contribution < 1.29 is 14.0 Å². The number of hydrogen-bond donors (Lipinski definition) is 1. The van der Waals surface area contributed by atoms with Crippen LogP contribution >= 0.6 is 12.4 Å². The lowest BCUT2D eigenvalue weighted by Gasteiger charge is -2.17. The van der Waals surface area contributed by atoms with Gasteiger partial charge in [0.15, 0.2) is 23.9 Å². The van der Waals surface area contributed by atoms with E-state index in [-0.39, 0.29) is 19.0 Å². The Morgan fingerprint density at radius 2 is 1.50 bits per heavy atom. The minimum atomic E-state index is -0.460. The molecule has 0 atom stereocenters. The molecule has 2 N–H and O–H groups in total. The third-order valence-corrected chi connectivity index (χ3v) is 4.85. The summed E-state index contributed by atoms with van der Waals surface area (Å²) in [6.07, 6.45) is 3.98. The van der Waals surface area contributed by atoms with Crippen LogP contribution in [0.5, 0.6) is 11.5 Å². The number of halogens is 1. The zero-order valence-corrected chi connectivity index (χ0v) is 16.4. The van der Waals surface area contributed by atoms with Crippen molar-refractivity contribution in [2.75, 3.05) is 0 Å². The normalized spacial score (nSPS) is 15.0. The van der Waals surface area contributed by atoms with Crippen molar-refractivity contribution in [3.63, 3.8) is 0 Å². The van der Waals surface area contributed by atoms with Gasteiger partial charge in [-0.15, -0.1) is 12.4 Å². The van der Waals surface area contributed by atoms with Gasteiger partial charge in [0.25, 0.3) is 5.89 Å². The molecule has 0 amide bonds. The number of ether oxygens (including phenoxy) is 2. The summed E-state index contributed by atoms with van der Waals surface area (Å²) in [6, 6.07) is 17.6. The number of hydrogen-bond acceptors (Lipinski definition) is 6. The van der Waals surface area contributed by atoms with Gasteiger partial charge in [0.05, 0.1) is 5.54 Å². The smallest absolute Gasteiger partial charge is 0.264 e. The number of benzene rings is 2. The van der Waals surface area contributed by atoms with Crippen LogP contribution < -0.4 is 15.2 Å². The van der Waals surface area contributed by atoms with Crippen molar-refractivity contribution in [1.82, 2.24) is 10.1 Å². The first-order chi connectivity index (χ1) is 13.2. The minimum absolute atomic E-state index is 0. The molecule has 3 aromatic rings. The van der Waals surface area contributed by atoms with Crippen LogP contribution in [0.2, 0.25) is 0 Å². The summed E-state index contributed by atoms with van der Waals surface area (Å²) < 4.78 is 17.1. The summed E-state index contributed by atoms with van der Waals surface area (Å²) in [5.74, 6) is 2.30. The summed E-state index contributed by atoms with van der Waals surface area (Å²) in [7, 11) is 0. The second-order valence-corrected chi connectivity index (χ2v) is 6.88. The Kier molecular flexibility index (Phi) is 6.54. The van der Waals surface area contributed by atoms with E-state index < -0.39 is 5.54 Å². The Morgan fingerprint density at radius 1 is 0.893 bits per heavy atom. The lowest BCUT2D eigenvalue weighted by Crippen LogP contribution is -2.34. The molecule has 0 unspecified atom stereocenters. The van der Waals surface area contributed by atoms with E-state index >= 15 is 0 Å². The highest BCUT2D eigenvalue weighted by Crippen LogP contribution is 2.34. The maximum atomic E-state index is 6.37. The van der Waals surface area contributed by atoms with Gasteiger partial charge in [-0.2, -0.15) is 4.98 Å². The number of rotatable bonds is 7. The highest BCUT2D eigenvalue weighted by molar-refractivity contribution is 5.85. The monoisotopic (exact) mass is 401 g/mol. The zero-order chi connectivity index (χ0) is 18.5. The van der Waals surface area contributed by atoms with Gasteiger partial charge >= 0.3 is 0 Å². The lowest BCUT2D eigenvalue weighted by atomic mass is 9.99. The molecule has 0 aliphatic heterocycles. The molecule has 1 heterocycles. The Hall–Kier alpha value is -2.57. The molecule has 2 aromatic carbocycles. The number of nitrogens with zero attached hydrogens (tertiary/aromatic N) is 2. The van der Waals surface area contributed by atoms with Gasteiger partial charge in [0.1, 0.15) is 6.61 Å². The maximum Gasteiger partial charge on any atom is 0.264 e. The largest absolute Gasteiger partial charge is 0.485 e. The molecule has 1 aliphatic rings. The van der Waals surface area contributed by atoms with Gasteiger partial charge < -0.3 is 19.7 Å². The second kappa shape index (κ2) is 9.08. The average Bonchev–Trinajstić information content (AvgIpc) is 3.36. The molecule has 1 aliphatic carbocycles. The Bertz CT molecular complexity index is 879. The first kappa shape index (κ1) is 20.2. The lowest BCUT2D eigenvalue weighted by molar-refractivity contribution is 0.222. The van der Waals surface area contributed by atoms with Crippen LogP contribution in [0.25, 0.3) is 0 Å². The van der Waals surface area contributed by atoms with E-state index in [9.17, 15) is 0 Å². The quantitative estimate of drug-likeness (QED) is 0.632. The van der Waals surface area contributed by atoms with Crippen LogP contribution in [0, 0.1) is 0 Å². The van der Waals surface area contributed by atoms with Crippen molar-refractivity contribution >= 4 is 12.4 Å². The van der Waals surface area contributed by atoms with Crippen LogP contribution in [0.4, 0.5) is 0 Å². The third-order valence-electron chi connectivity index (χ3n) is 4.85. The fourth-order valence-corrected chi connectivity index (χ4v) is 3.31. The number of aromatic nitrogens is 2. The molecule has 148 valence electrons. The van der Waals surface area contributed by atoms with Gasteiger partial charge in [-0.25, -0.2) is 0 Å². The molecule has 1 fully saturated rings. The van der Waals surface area contributed by atoms with Crippen LogP contribution in [0.15, 0.2) is 59.1 Å². The van der Waals surface area contributed by atoms with Gasteiger partial charge in [-0.3, -0.25) is 0 Å². The van der Waals surface area contributed by atoms with E-state index in [0.717, 1.165) is 31.2 Å². The Morgan fingerprint density at radius 3 is 2.18 bits per heavy atom. The van der Waals surface area contributed by atoms with Crippen LogP contribution in [-0.2, 0) is 18.8 Å². The summed E-state index contributed by atoms with van der Waals surface area (Å²) in [6.45, 7) is 0.649. The topological polar surface area (TPSA) is 83.4 Å². The molecule has 0 saturated heterocycles. The first-order valence-electron chi connectivity index (χ1n) is 9.23. The summed E-state index contributed by atoms with van der Waals surface area (Å²) in [5, 5.41) is 4.06. The molecule has 28 heavy (non-hydrogen) atoms. The molecule has 1 saturated carbocycles. The number of para-hydroxylation sites is 2. The van der Waals surface area contributed by atoms with Crippen molar-refractivity contribution in [3.8, 4) is 11.5 Å². The molecule has 7 heteroatoms. The Balaban J connectivity index is 0.00000225. The summed E-state index contributed by atoms with van der Waals surface area (Å²) in [5.41, 5.74) is 7.01. The van der Waals surface area contributed by atoms with E-state index in [0.29, 0.717) is 29.8 Å². The van der Waals surface area contributed by atoms with Crippen molar-refractivity contribution in [1.29, 1.82) is 0 Å². The van der Waals surface area contributed by atoms with E-state index in [1.165, 1.54) is 0 Å². The second-order valence-electron chi connectivity index (χ2n) is 6.88. The van der Waals surface area contributed by atoms with Crippen molar-refractivity contribution in [3.05, 3.63) is 71.9 Å². The average molecular weight is 402 g/mol. The van der Waals surface area contributed by atoms with Crippen LogP contribution in [0.3, 0.4) is 0 Å². The number of nitrogens with two attached hydrogens (primary N) is 1. The Labute approximate surface area is 170 Å². The molecule has 0 radical (unpaired) electrons. The van der Waals surface area contributed by atoms with Crippen molar-refractivity contribution in [2.24, 2.45) is 5.73 Å². The van der Waals surface area contributed by atoms with E-state index in [1.807, 2.05) is 54.6 Å². The summed E-state index contributed by atoms with van der Waals surface area (Å²) >= 11 is 0. The molecule has 4 rings (SSSR count). The van der Waals surface area contributed by atoms with Crippen molar-refractivity contribution in [2.45, 2.75) is 44.4 Å². The van der Waals surface area contributed by atoms with E-state index in [4.69, 9.17) is 19.7 Å². The predicted molar refractivity (Wildman–Crippen MR) is 107 cm³/mol. The molecule has 0 spiro atoms. The fraction of sp³-hybridized carbons (Fsp3) is 0.333. The van der Waals surface area contributed by atoms with E-state index in [1.54, 1.807) is 0 Å².